The second kappa shape index (κ2) is 7.45. The molecule has 4 heteroatoms. The molecule has 0 saturated carbocycles. The normalized spacial score (nSPS) is 11.1. The van der Waals surface area contributed by atoms with Crippen molar-refractivity contribution in [3.63, 3.8) is 0 Å². The Balaban J connectivity index is 2.06. The zero-order valence-electron chi connectivity index (χ0n) is 11.2. The number of thioether (sulfide) groups is 1. The van der Waals surface area contributed by atoms with Crippen LogP contribution in [0.25, 0.3) is 6.08 Å². The van der Waals surface area contributed by atoms with Crippen molar-refractivity contribution < 1.29 is 14.7 Å². The van der Waals surface area contributed by atoms with Crippen molar-refractivity contribution in [3.05, 3.63) is 77.4 Å². The fourth-order valence-corrected chi connectivity index (χ4v) is 2.51. The first kappa shape index (κ1) is 15.1. The third-order valence-corrected chi connectivity index (χ3v) is 3.74. The summed E-state index contributed by atoms with van der Waals surface area (Å²) >= 11 is 0.997. The van der Waals surface area contributed by atoms with Crippen LogP contribution in [0.1, 0.15) is 15.9 Å². The smallest absolute Gasteiger partial charge is 0.332 e. The maximum atomic E-state index is 12.0. The molecule has 0 spiro atoms. The average molecular weight is 298 g/mol. The molecule has 0 unspecified atom stereocenters. The first-order chi connectivity index (χ1) is 10.2. The Morgan fingerprint density at radius 1 is 0.952 bits per heavy atom. The van der Waals surface area contributed by atoms with Gasteiger partial charge in [-0.1, -0.05) is 72.4 Å². The highest BCUT2D eigenvalue weighted by atomic mass is 32.2. The minimum atomic E-state index is -1.01. The van der Waals surface area contributed by atoms with Crippen LogP contribution in [0.2, 0.25) is 0 Å². The minimum Gasteiger partial charge on any atom is -0.478 e. The van der Waals surface area contributed by atoms with Crippen molar-refractivity contribution in [1.82, 2.24) is 0 Å². The van der Waals surface area contributed by atoms with E-state index in [2.05, 4.69) is 0 Å². The third kappa shape index (κ3) is 4.61. The molecule has 2 rings (SSSR count). The molecule has 0 aliphatic rings. The number of carbonyl (C=O) groups is 2. The molecule has 0 radical (unpaired) electrons. The van der Waals surface area contributed by atoms with E-state index in [0.29, 0.717) is 5.56 Å². The molecule has 2 aromatic rings. The molecule has 3 nitrogen and oxygen atoms in total. The van der Waals surface area contributed by atoms with Gasteiger partial charge in [-0.05, 0) is 11.6 Å². The van der Waals surface area contributed by atoms with E-state index in [1.54, 1.807) is 30.3 Å². The molecule has 0 aromatic heterocycles. The Hall–Kier alpha value is -2.33. The molecule has 0 aliphatic carbocycles. The first-order valence-corrected chi connectivity index (χ1v) is 7.36. The number of aliphatic carboxylic acids is 1. The number of carbonyl (C=O) groups excluding carboxylic acids is 1. The van der Waals surface area contributed by atoms with E-state index in [1.165, 1.54) is 0 Å². The predicted molar refractivity (Wildman–Crippen MR) is 85.3 cm³/mol. The Labute approximate surface area is 127 Å². The van der Waals surface area contributed by atoms with Gasteiger partial charge >= 0.3 is 5.97 Å². The van der Waals surface area contributed by atoms with E-state index in [4.69, 9.17) is 0 Å². The largest absolute Gasteiger partial charge is 0.478 e. The lowest BCUT2D eigenvalue weighted by atomic mass is 10.1. The molecule has 106 valence electrons. The summed E-state index contributed by atoms with van der Waals surface area (Å²) in [5, 5.41) is 9.10. The fraction of sp³-hybridized carbons (Fsp3) is 0.0588. The van der Waals surface area contributed by atoms with Gasteiger partial charge in [-0.3, -0.25) is 4.79 Å². The molecule has 0 amide bonds. The van der Waals surface area contributed by atoms with E-state index in [0.717, 1.165) is 17.3 Å². The van der Waals surface area contributed by atoms with Crippen molar-refractivity contribution in [2.45, 2.75) is 0 Å². The van der Waals surface area contributed by atoms with Gasteiger partial charge in [0.1, 0.15) is 0 Å². The van der Waals surface area contributed by atoms with Gasteiger partial charge < -0.3 is 5.11 Å². The maximum Gasteiger partial charge on any atom is 0.332 e. The minimum absolute atomic E-state index is 0.129. The molecular weight excluding hydrogens is 284 g/mol. The SMILES string of the molecule is O=C(O)/C(=C\c1ccccc1)CSC(=O)c1ccccc1. The molecule has 0 bridgehead atoms. The summed E-state index contributed by atoms with van der Waals surface area (Å²) in [7, 11) is 0. The van der Waals surface area contributed by atoms with Gasteiger partial charge in [-0.25, -0.2) is 4.79 Å². The highest BCUT2D eigenvalue weighted by Gasteiger charge is 2.12. The standard InChI is InChI=1S/C17H14O3S/c18-16(19)15(11-13-7-3-1-4-8-13)12-21-17(20)14-9-5-2-6-10-14/h1-11H,12H2,(H,18,19)/b15-11-. The Bertz CT molecular complexity index is 648. The summed E-state index contributed by atoms with van der Waals surface area (Å²) in [5.74, 6) is -0.870. The van der Waals surface area contributed by atoms with Gasteiger partial charge in [-0.15, -0.1) is 0 Å². The topological polar surface area (TPSA) is 54.4 Å². The summed E-state index contributed by atoms with van der Waals surface area (Å²) in [6, 6.07) is 18.0. The zero-order valence-corrected chi connectivity index (χ0v) is 12.0. The molecule has 0 heterocycles. The van der Waals surface area contributed by atoms with Crippen LogP contribution in [0.4, 0.5) is 0 Å². The van der Waals surface area contributed by atoms with Gasteiger partial charge in [0, 0.05) is 16.9 Å². The van der Waals surface area contributed by atoms with Crippen molar-refractivity contribution in [1.29, 1.82) is 0 Å². The monoisotopic (exact) mass is 298 g/mol. The van der Waals surface area contributed by atoms with Gasteiger partial charge in [0.2, 0.25) is 5.12 Å². The second-order valence-electron chi connectivity index (χ2n) is 4.33. The Morgan fingerprint density at radius 2 is 1.52 bits per heavy atom. The van der Waals surface area contributed by atoms with Crippen LogP contribution in [0.15, 0.2) is 66.2 Å². The van der Waals surface area contributed by atoms with Crippen LogP contribution < -0.4 is 0 Å². The summed E-state index contributed by atoms with van der Waals surface area (Å²) in [4.78, 5) is 23.2. The predicted octanol–water partition coefficient (Wildman–Crippen LogP) is 3.73. The summed E-state index contributed by atoms with van der Waals surface area (Å²) < 4.78 is 0. The lowest BCUT2D eigenvalue weighted by molar-refractivity contribution is -0.132. The van der Waals surface area contributed by atoms with E-state index < -0.39 is 5.97 Å². The maximum absolute atomic E-state index is 12.0. The van der Waals surface area contributed by atoms with Crippen molar-refractivity contribution in [3.8, 4) is 0 Å². The molecule has 2 aromatic carbocycles. The summed E-state index contributed by atoms with van der Waals surface area (Å²) in [5.41, 5.74) is 1.59. The number of carboxylic acid groups (broad SMARTS) is 1. The summed E-state index contributed by atoms with van der Waals surface area (Å²) in [6.45, 7) is 0. The van der Waals surface area contributed by atoms with E-state index in [1.807, 2.05) is 36.4 Å². The van der Waals surface area contributed by atoms with Gasteiger partial charge in [-0.2, -0.15) is 0 Å². The highest BCUT2D eigenvalue weighted by molar-refractivity contribution is 8.14. The van der Waals surface area contributed by atoms with Crippen LogP contribution in [-0.4, -0.2) is 21.9 Å². The van der Waals surface area contributed by atoms with Crippen LogP contribution >= 0.6 is 11.8 Å². The van der Waals surface area contributed by atoms with E-state index in [9.17, 15) is 14.7 Å². The lowest BCUT2D eigenvalue weighted by Crippen LogP contribution is -2.05. The Kier molecular flexibility index (Phi) is 5.35. The molecule has 0 fully saturated rings. The number of hydrogen-bond acceptors (Lipinski definition) is 3. The quantitative estimate of drug-likeness (QED) is 0.855. The number of hydrogen-bond donors (Lipinski definition) is 1. The molecule has 0 aliphatic heterocycles. The zero-order chi connectivity index (χ0) is 15.1. The lowest BCUT2D eigenvalue weighted by Gasteiger charge is -2.03. The Morgan fingerprint density at radius 3 is 2.10 bits per heavy atom. The molecular formula is C17H14O3S. The third-order valence-electron chi connectivity index (χ3n) is 2.78. The van der Waals surface area contributed by atoms with E-state index >= 15 is 0 Å². The van der Waals surface area contributed by atoms with Crippen molar-refractivity contribution in [2.75, 3.05) is 5.75 Å². The molecule has 1 N–H and O–H groups in total. The molecule has 21 heavy (non-hydrogen) atoms. The van der Waals surface area contributed by atoms with Crippen LogP contribution in [0.5, 0.6) is 0 Å². The number of benzene rings is 2. The van der Waals surface area contributed by atoms with E-state index in [-0.39, 0.29) is 16.4 Å². The van der Waals surface area contributed by atoms with Gasteiger partial charge in [0.15, 0.2) is 0 Å². The summed E-state index contributed by atoms with van der Waals surface area (Å²) in [6.07, 6.45) is 1.59. The van der Waals surface area contributed by atoms with Crippen LogP contribution in [-0.2, 0) is 4.79 Å². The molecule has 0 atom stereocenters. The van der Waals surface area contributed by atoms with Crippen LogP contribution in [0.3, 0.4) is 0 Å². The fourth-order valence-electron chi connectivity index (χ4n) is 1.72. The van der Waals surface area contributed by atoms with Crippen LogP contribution in [0, 0.1) is 0 Å². The first-order valence-electron chi connectivity index (χ1n) is 6.38. The number of rotatable bonds is 5. The van der Waals surface area contributed by atoms with Gasteiger partial charge in [0.25, 0.3) is 0 Å². The number of carboxylic acids is 1. The average Bonchev–Trinajstić information content (AvgIpc) is 2.52. The highest BCUT2D eigenvalue weighted by Crippen LogP contribution is 2.17. The molecule has 0 saturated heterocycles. The van der Waals surface area contributed by atoms with Gasteiger partial charge in [0.05, 0.1) is 0 Å². The van der Waals surface area contributed by atoms with Crippen molar-refractivity contribution in [2.24, 2.45) is 0 Å². The second-order valence-corrected chi connectivity index (χ2v) is 5.28. The van der Waals surface area contributed by atoms with Crippen molar-refractivity contribution >= 4 is 28.9 Å².